The summed E-state index contributed by atoms with van der Waals surface area (Å²) in [5.74, 6) is 1.73. The largest absolute Gasteiger partial charge is 0.457 e. The summed E-state index contributed by atoms with van der Waals surface area (Å²) in [4.78, 5) is 12.5. The van der Waals surface area contributed by atoms with Crippen molar-refractivity contribution in [2.24, 2.45) is 0 Å². The van der Waals surface area contributed by atoms with Gasteiger partial charge in [0.15, 0.2) is 0 Å². The first kappa shape index (κ1) is 29.4. The number of para-hydroxylation sites is 2. The van der Waals surface area contributed by atoms with E-state index in [0.29, 0.717) is 12.1 Å². The van der Waals surface area contributed by atoms with Crippen LogP contribution in [0.4, 0.5) is 0 Å². The van der Waals surface area contributed by atoms with Gasteiger partial charge in [0.25, 0.3) is 5.91 Å². The summed E-state index contributed by atoms with van der Waals surface area (Å²) in [5.41, 5.74) is 2.98. The lowest BCUT2D eigenvalue weighted by Crippen LogP contribution is -2.24. The molecule has 1 radical (unpaired) electrons. The number of unbranched alkanes of at least 4 members (excludes halogenated alkanes) is 9. The number of carbonyl (C=O) groups excluding carboxylic acids is 1. The highest BCUT2D eigenvalue weighted by atomic mass is 16.5. The van der Waals surface area contributed by atoms with Gasteiger partial charge >= 0.3 is 0 Å². The lowest BCUT2D eigenvalue weighted by molar-refractivity contribution is 0.0953. The standard InChI is InChI=1S/C34H45N2O2/c1-2-3-4-5-6-7-8-9-10-16-26-36-34(37)31-23-21-29(22-24-31)28-35-27-25-30-17-14-15-20-33(30)38-32-18-12-11-13-19-32/h11-15,17-24H,2-10,16,25-28H2,1H3,(H,36,37). The third kappa shape index (κ3) is 11.5. The summed E-state index contributed by atoms with van der Waals surface area (Å²) >= 11 is 0. The molecule has 0 aliphatic rings. The SMILES string of the molecule is CCCCCCCCCCCCNC(=O)c1ccc(C[N]CCc2ccccc2Oc2ccccc2)cc1. The van der Waals surface area contributed by atoms with E-state index >= 15 is 0 Å². The van der Waals surface area contributed by atoms with Gasteiger partial charge in [-0.1, -0.05) is 113 Å². The number of amides is 1. The molecule has 38 heavy (non-hydrogen) atoms. The molecular formula is C34H45N2O2. The summed E-state index contributed by atoms with van der Waals surface area (Å²) in [5, 5.41) is 7.78. The van der Waals surface area contributed by atoms with Crippen molar-refractivity contribution in [3.05, 3.63) is 95.6 Å². The van der Waals surface area contributed by atoms with Crippen molar-refractivity contribution < 1.29 is 9.53 Å². The highest BCUT2D eigenvalue weighted by Gasteiger charge is 2.07. The minimum atomic E-state index is 0.0134. The first-order valence-corrected chi connectivity index (χ1v) is 14.6. The van der Waals surface area contributed by atoms with E-state index in [-0.39, 0.29) is 5.91 Å². The Morgan fingerprint density at radius 2 is 1.37 bits per heavy atom. The van der Waals surface area contributed by atoms with E-state index in [0.717, 1.165) is 48.6 Å². The summed E-state index contributed by atoms with van der Waals surface area (Å²) in [6.07, 6.45) is 13.8. The summed E-state index contributed by atoms with van der Waals surface area (Å²) in [6.45, 7) is 4.37. The van der Waals surface area contributed by atoms with Crippen molar-refractivity contribution >= 4 is 5.91 Å². The highest BCUT2D eigenvalue weighted by Crippen LogP contribution is 2.25. The Kier molecular flexibility index (Phi) is 14.1. The third-order valence-electron chi connectivity index (χ3n) is 6.81. The van der Waals surface area contributed by atoms with Gasteiger partial charge in [0.1, 0.15) is 11.5 Å². The lowest BCUT2D eigenvalue weighted by atomic mass is 10.1. The molecule has 4 nitrogen and oxygen atoms in total. The van der Waals surface area contributed by atoms with Gasteiger partial charge in [0.05, 0.1) is 0 Å². The minimum Gasteiger partial charge on any atom is -0.457 e. The van der Waals surface area contributed by atoms with E-state index in [1.807, 2.05) is 72.8 Å². The van der Waals surface area contributed by atoms with E-state index in [2.05, 4.69) is 18.3 Å². The van der Waals surface area contributed by atoms with Crippen molar-refractivity contribution in [3.63, 3.8) is 0 Å². The molecule has 0 spiro atoms. The van der Waals surface area contributed by atoms with Crippen LogP contribution in [0, 0.1) is 0 Å². The van der Waals surface area contributed by atoms with Gasteiger partial charge in [-0.3, -0.25) is 4.79 Å². The topological polar surface area (TPSA) is 52.4 Å². The number of hydrogen-bond donors (Lipinski definition) is 1. The van der Waals surface area contributed by atoms with Gasteiger partial charge in [-0.05, 0) is 54.3 Å². The maximum atomic E-state index is 12.5. The predicted molar refractivity (Wildman–Crippen MR) is 158 cm³/mol. The molecule has 0 unspecified atom stereocenters. The van der Waals surface area contributed by atoms with Crippen LogP contribution in [0.1, 0.15) is 92.6 Å². The highest BCUT2D eigenvalue weighted by molar-refractivity contribution is 5.94. The maximum Gasteiger partial charge on any atom is 0.251 e. The van der Waals surface area contributed by atoms with Crippen LogP contribution < -0.4 is 15.4 Å². The molecule has 0 heterocycles. The molecule has 203 valence electrons. The number of hydrogen-bond acceptors (Lipinski definition) is 2. The molecule has 3 aromatic carbocycles. The molecule has 0 aliphatic carbocycles. The summed E-state index contributed by atoms with van der Waals surface area (Å²) < 4.78 is 6.05. The van der Waals surface area contributed by atoms with Gasteiger partial charge in [0.2, 0.25) is 0 Å². The zero-order chi connectivity index (χ0) is 26.7. The number of ether oxygens (including phenoxy) is 1. The first-order chi connectivity index (χ1) is 18.8. The molecule has 0 fully saturated rings. The molecule has 0 aromatic heterocycles. The second kappa shape index (κ2) is 18.2. The number of benzene rings is 3. The molecule has 0 saturated heterocycles. The Bertz CT molecular complexity index is 1030. The Morgan fingerprint density at radius 3 is 2.08 bits per heavy atom. The number of nitrogens with one attached hydrogen (secondary N) is 1. The van der Waals surface area contributed by atoms with Crippen LogP contribution in [0.3, 0.4) is 0 Å². The molecule has 4 heteroatoms. The maximum absolute atomic E-state index is 12.5. The Hall–Kier alpha value is -3.11. The number of rotatable bonds is 19. The molecule has 0 bridgehead atoms. The van der Waals surface area contributed by atoms with Crippen molar-refractivity contribution in [1.29, 1.82) is 0 Å². The predicted octanol–water partition coefficient (Wildman–Crippen LogP) is 8.48. The van der Waals surface area contributed by atoms with Crippen LogP contribution >= 0.6 is 0 Å². The normalized spacial score (nSPS) is 10.9. The number of nitrogens with zero attached hydrogens (tertiary/aromatic N) is 1. The van der Waals surface area contributed by atoms with Crippen molar-refractivity contribution in [1.82, 2.24) is 10.6 Å². The fraction of sp³-hybridized carbons (Fsp3) is 0.441. The lowest BCUT2D eigenvalue weighted by Gasteiger charge is -2.11. The molecular weight excluding hydrogens is 468 g/mol. The Labute approximate surface area is 230 Å². The molecule has 3 rings (SSSR count). The fourth-order valence-electron chi connectivity index (χ4n) is 4.51. The second-order valence-electron chi connectivity index (χ2n) is 10.0. The monoisotopic (exact) mass is 513 g/mol. The second-order valence-corrected chi connectivity index (χ2v) is 10.0. The number of carbonyl (C=O) groups is 1. The van der Waals surface area contributed by atoms with Crippen LogP contribution in [0.5, 0.6) is 11.5 Å². The molecule has 0 aliphatic heterocycles. The van der Waals surface area contributed by atoms with E-state index in [1.165, 1.54) is 57.8 Å². The van der Waals surface area contributed by atoms with E-state index in [9.17, 15) is 4.79 Å². The minimum absolute atomic E-state index is 0.0134. The first-order valence-electron chi connectivity index (χ1n) is 14.6. The van der Waals surface area contributed by atoms with Crippen LogP contribution in [-0.4, -0.2) is 19.0 Å². The van der Waals surface area contributed by atoms with Crippen LogP contribution in [0.2, 0.25) is 0 Å². The van der Waals surface area contributed by atoms with Crippen molar-refractivity contribution in [2.75, 3.05) is 13.1 Å². The Morgan fingerprint density at radius 1 is 0.737 bits per heavy atom. The molecule has 1 N–H and O–H groups in total. The van der Waals surface area contributed by atoms with E-state index in [1.54, 1.807) is 0 Å². The zero-order valence-corrected chi connectivity index (χ0v) is 23.2. The van der Waals surface area contributed by atoms with Crippen LogP contribution in [0.25, 0.3) is 0 Å². The smallest absolute Gasteiger partial charge is 0.251 e. The molecule has 1 amide bonds. The average molecular weight is 514 g/mol. The quantitative estimate of drug-likeness (QED) is 0.163. The van der Waals surface area contributed by atoms with Gasteiger partial charge < -0.3 is 10.1 Å². The third-order valence-corrected chi connectivity index (χ3v) is 6.81. The van der Waals surface area contributed by atoms with Gasteiger partial charge in [-0.2, -0.15) is 0 Å². The Balaban J connectivity index is 1.27. The van der Waals surface area contributed by atoms with Crippen LogP contribution in [-0.2, 0) is 13.0 Å². The molecule has 0 saturated carbocycles. The van der Waals surface area contributed by atoms with Crippen molar-refractivity contribution in [3.8, 4) is 11.5 Å². The van der Waals surface area contributed by atoms with E-state index in [4.69, 9.17) is 10.1 Å². The van der Waals surface area contributed by atoms with Gasteiger partial charge in [-0.25, -0.2) is 5.32 Å². The van der Waals surface area contributed by atoms with Crippen molar-refractivity contribution in [2.45, 2.75) is 84.1 Å². The molecule has 3 aromatic rings. The van der Waals surface area contributed by atoms with Gasteiger partial charge in [-0.15, -0.1) is 0 Å². The van der Waals surface area contributed by atoms with E-state index < -0.39 is 0 Å². The zero-order valence-electron chi connectivity index (χ0n) is 23.2. The fourth-order valence-corrected chi connectivity index (χ4v) is 4.51. The summed E-state index contributed by atoms with van der Waals surface area (Å²) in [7, 11) is 0. The van der Waals surface area contributed by atoms with Crippen LogP contribution in [0.15, 0.2) is 78.9 Å². The summed E-state index contributed by atoms with van der Waals surface area (Å²) in [6, 6.07) is 25.8. The molecule has 0 atom stereocenters. The average Bonchev–Trinajstić information content (AvgIpc) is 2.95. The van der Waals surface area contributed by atoms with Gasteiger partial charge in [0, 0.05) is 25.2 Å².